The quantitative estimate of drug-likeness (QED) is 0.641. The molecule has 9 heteroatoms. The summed E-state index contributed by atoms with van der Waals surface area (Å²) in [4.78, 5) is 27.1. The molecular formula is C14H15N3O5S. The summed E-state index contributed by atoms with van der Waals surface area (Å²) < 4.78 is 10.1. The van der Waals surface area contributed by atoms with Crippen molar-refractivity contribution in [1.82, 2.24) is 10.3 Å². The van der Waals surface area contributed by atoms with Crippen molar-refractivity contribution < 1.29 is 19.2 Å². The molecule has 1 aromatic carbocycles. The fourth-order valence-electron chi connectivity index (χ4n) is 1.96. The number of aryl methyl sites for hydroxylation is 1. The van der Waals surface area contributed by atoms with Crippen molar-refractivity contribution in [3.63, 3.8) is 0 Å². The maximum absolute atomic E-state index is 12.3. The van der Waals surface area contributed by atoms with Crippen LogP contribution in [0.2, 0.25) is 0 Å². The van der Waals surface area contributed by atoms with Crippen LogP contribution in [-0.4, -0.2) is 30.0 Å². The molecule has 0 aliphatic rings. The fourth-order valence-corrected chi connectivity index (χ4v) is 2.57. The van der Waals surface area contributed by atoms with Gasteiger partial charge in [-0.1, -0.05) is 0 Å². The highest BCUT2D eigenvalue weighted by Crippen LogP contribution is 2.34. The first-order valence-corrected chi connectivity index (χ1v) is 7.43. The van der Waals surface area contributed by atoms with Gasteiger partial charge in [-0.05, 0) is 6.92 Å². The van der Waals surface area contributed by atoms with Gasteiger partial charge in [-0.25, -0.2) is 4.98 Å². The van der Waals surface area contributed by atoms with Crippen molar-refractivity contribution in [2.24, 2.45) is 0 Å². The SMILES string of the molecule is COc1cc(C(=O)NCc2csc(C)n2)c([N+](=O)[O-])cc1OC. The maximum atomic E-state index is 12.3. The number of hydrogen-bond donors (Lipinski definition) is 1. The molecule has 0 saturated carbocycles. The van der Waals surface area contributed by atoms with Crippen LogP contribution in [0.25, 0.3) is 0 Å². The number of amides is 1. The Morgan fingerprint density at radius 1 is 1.35 bits per heavy atom. The molecule has 0 radical (unpaired) electrons. The van der Waals surface area contributed by atoms with Crippen LogP contribution in [0.4, 0.5) is 5.69 Å². The van der Waals surface area contributed by atoms with Crippen LogP contribution in [0.3, 0.4) is 0 Å². The van der Waals surface area contributed by atoms with Gasteiger partial charge in [0, 0.05) is 11.4 Å². The van der Waals surface area contributed by atoms with Crippen molar-refractivity contribution in [2.75, 3.05) is 14.2 Å². The molecule has 0 spiro atoms. The molecule has 0 bridgehead atoms. The summed E-state index contributed by atoms with van der Waals surface area (Å²) in [5, 5.41) is 16.5. The number of nitrogens with one attached hydrogen (secondary N) is 1. The normalized spacial score (nSPS) is 10.2. The van der Waals surface area contributed by atoms with E-state index in [0.717, 1.165) is 5.01 Å². The topological polar surface area (TPSA) is 104 Å². The number of nitro groups is 1. The summed E-state index contributed by atoms with van der Waals surface area (Å²) in [6.45, 7) is 2.05. The minimum absolute atomic E-state index is 0.0976. The van der Waals surface area contributed by atoms with Gasteiger partial charge in [-0.3, -0.25) is 14.9 Å². The van der Waals surface area contributed by atoms with Gasteiger partial charge in [0.2, 0.25) is 0 Å². The highest BCUT2D eigenvalue weighted by Gasteiger charge is 2.24. The van der Waals surface area contributed by atoms with Gasteiger partial charge < -0.3 is 14.8 Å². The number of carbonyl (C=O) groups excluding carboxylic acids is 1. The predicted octanol–water partition coefficient (Wildman–Crippen LogP) is 2.31. The molecule has 0 aliphatic heterocycles. The molecule has 122 valence electrons. The molecule has 1 N–H and O–H groups in total. The second kappa shape index (κ2) is 7.05. The zero-order valence-corrected chi connectivity index (χ0v) is 13.6. The Hall–Kier alpha value is -2.68. The summed E-state index contributed by atoms with van der Waals surface area (Å²) in [6, 6.07) is 2.46. The second-order valence-electron chi connectivity index (χ2n) is 4.52. The van der Waals surface area contributed by atoms with E-state index in [0.29, 0.717) is 5.69 Å². The van der Waals surface area contributed by atoms with Gasteiger partial charge in [0.15, 0.2) is 11.5 Å². The average molecular weight is 337 g/mol. The highest BCUT2D eigenvalue weighted by molar-refractivity contribution is 7.09. The number of benzene rings is 1. The molecule has 8 nitrogen and oxygen atoms in total. The molecule has 0 unspecified atom stereocenters. The van der Waals surface area contributed by atoms with E-state index in [-0.39, 0.29) is 29.3 Å². The first-order valence-electron chi connectivity index (χ1n) is 6.56. The number of carbonyl (C=O) groups is 1. The number of ether oxygens (including phenoxy) is 2. The van der Waals surface area contributed by atoms with Crippen molar-refractivity contribution in [3.05, 3.63) is 43.9 Å². The van der Waals surface area contributed by atoms with E-state index in [2.05, 4.69) is 10.3 Å². The summed E-state index contributed by atoms with van der Waals surface area (Å²) in [7, 11) is 2.76. The van der Waals surface area contributed by atoms with E-state index in [1.54, 1.807) is 0 Å². The zero-order valence-electron chi connectivity index (χ0n) is 12.8. The summed E-state index contributed by atoms with van der Waals surface area (Å²) in [5.41, 5.74) is 0.248. The van der Waals surface area contributed by atoms with E-state index < -0.39 is 10.8 Å². The van der Waals surface area contributed by atoms with Gasteiger partial charge in [0.05, 0.1) is 42.5 Å². The standard InChI is InChI=1S/C14H15N3O5S/c1-8-16-9(7-23-8)6-15-14(18)10-4-12(21-2)13(22-3)5-11(10)17(19)20/h4-5,7H,6H2,1-3H3,(H,15,18). The minimum atomic E-state index is -0.635. The molecule has 1 aromatic heterocycles. The van der Waals surface area contributed by atoms with Crippen LogP contribution >= 0.6 is 11.3 Å². The lowest BCUT2D eigenvalue weighted by Crippen LogP contribution is -2.24. The molecule has 0 fully saturated rings. The number of aromatic nitrogens is 1. The Morgan fingerprint density at radius 3 is 2.52 bits per heavy atom. The molecular weight excluding hydrogens is 322 g/mol. The van der Waals surface area contributed by atoms with Crippen LogP contribution < -0.4 is 14.8 Å². The summed E-state index contributed by atoms with van der Waals surface area (Å²) >= 11 is 1.46. The summed E-state index contributed by atoms with van der Waals surface area (Å²) in [6.07, 6.45) is 0. The van der Waals surface area contributed by atoms with Crippen molar-refractivity contribution in [2.45, 2.75) is 13.5 Å². The van der Waals surface area contributed by atoms with Gasteiger partial charge in [-0.15, -0.1) is 11.3 Å². The van der Waals surface area contributed by atoms with Gasteiger partial charge in [0.1, 0.15) is 5.56 Å². The lowest BCUT2D eigenvalue weighted by molar-refractivity contribution is -0.385. The second-order valence-corrected chi connectivity index (χ2v) is 5.58. The number of hydrogen-bond acceptors (Lipinski definition) is 7. The van der Waals surface area contributed by atoms with Gasteiger partial charge >= 0.3 is 0 Å². The third kappa shape index (κ3) is 3.75. The molecule has 0 saturated heterocycles. The first-order chi connectivity index (χ1) is 11.0. The smallest absolute Gasteiger partial charge is 0.286 e. The molecule has 0 atom stereocenters. The number of methoxy groups -OCH3 is 2. The number of thiazole rings is 1. The predicted molar refractivity (Wildman–Crippen MR) is 84.2 cm³/mol. The minimum Gasteiger partial charge on any atom is -0.493 e. The highest BCUT2D eigenvalue weighted by atomic mass is 32.1. The van der Waals surface area contributed by atoms with Crippen LogP contribution in [0, 0.1) is 17.0 Å². The van der Waals surface area contributed by atoms with E-state index in [1.165, 1.54) is 37.7 Å². The van der Waals surface area contributed by atoms with Crippen LogP contribution in [0.15, 0.2) is 17.5 Å². The molecule has 1 heterocycles. The Balaban J connectivity index is 2.28. The molecule has 1 amide bonds. The molecule has 2 aromatic rings. The van der Waals surface area contributed by atoms with Crippen LogP contribution in [0.5, 0.6) is 11.5 Å². The van der Waals surface area contributed by atoms with Crippen molar-refractivity contribution in [3.8, 4) is 11.5 Å². The Bertz CT molecular complexity index is 744. The Morgan fingerprint density at radius 2 is 2.00 bits per heavy atom. The van der Waals surface area contributed by atoms with Gasteiger partial charge in [0.25, 0.3) is 11.6 Å². The number of nitrogens with zero attached hydrogens (tertiary/aromatic N) is 2. The maximum Gasteiger partial charge on any atom is 0.286 e. The van der Waals surface area contributed by atoms with Crippen molar-refractivity contribution in [1.29, 1.82) is 0 Å². The van der Waals surface area contributed by atoms with Crippen molar-refractivity contribution >= 4 is 22.9 Å². The fraction of sp³-hybridized carbons (Fsp3) is 0.286. The summed E-state index contributed by atoms with van der Waals surface area (Å²) in [5.74, 6) is -0.151. The van der Waals surface area contributed by atoms with Crippen LogP contribution in [-0.2, 0) is 6.54 Å². The third-order valence-corrected chi connectivity index (χ3v) is 3.86. The number of nitro benzene ring substituents is 1. The number of rotatable bonds is 6. The average Bonchev–Trinajstić information content (AvgIpc) is 2.96. The molecule has 0 aliphatic carbocycles. The van der Waals surface area contributed by atoms with Crippen LogP contribution in [0.1, 0.15) is 21.1 Å². The lowest BCUT2D eigenvalue weighted by atomic mass is 10.1. The lowest BCUT2D eigenvalue weighted by Gasteiger charge is -2.10. The zero-order chi connectivity index (χ0) is 17.0. The Labute approximate surface area is 136 Å². The molecule has 2 rings (SSSR count). The largest absolute Gasteiger partial charge is 0.493 e. The Kier molecular flexibility index (Phi) is 5.12. The third-order valence-electron chi connectivity index (χ3n) is 3.04. The molecule has 23 heavy (non-hydrogen) atoms. The first kappa shape index (κ1) is 16.7. The van der Waals surface area contributed by atoms with E-state index >= 15 is 0 Å². The van der Waals surface area contributed by atoms with E-state index in [4.69, 9.17) is 9.47 Å². The monoisotopic (exact) mass is 337 g/mol. The van der Waals surface area contributed by atoms with E-state index in [9.17, 15) is 14.9 Å². The van der Waals surface area contributed by atoms with E-state index in [1.807, 2.05) is 12.3 Å². The van der Waals surface area contributed by atoms with Gasteiger partial charge in [-0.2, -0.15) is 0 Å².